The molecule has 0 spiro atoms. The maximum absolute atomic E-state index is 12.6. The highest BCUT2D eigenvalue weighted by Gasteiger charge is 2.34. The van der Waals surface area contributed by atoms with E-state index in [1.807, 2.05) is 15.6 Å². The number of nitrogens with zero attached hydrogens (tertiary/aromatic N) is 4. The fourth-order valence-electron chi connectivity index (χ4n) is 3.25. The molecule has 2 aliphatic rings. The van der Waals surface area contributed by atoms with Crippen molar-refractivity contribution in [3.05, 3.63) is 34.5 Å². The predicted molar refractivity (Wildman–Crippen MR) is 88.5 cm³/mol. The summed E-state index contributed by atoms with van der Waals surface area (Å²) in [7, 11) is 0. The molecule has 0 radical (unpaired) electrons. The molecular formula is C16H19N5O2S. The van der Waals surface area contributed by atoms with Gasteiger partial charge in [0.15, 0.2) is 0 Å². The van der Waals surface area contributed by atoms with Crippen LogP contribution in [0.5, 0.6) is 0 Å². The van der Waals surface area contributed by atoms with Gasteiger partial charge in [-0.25, -0.2) is 4.98 Å². The number of amides is 2. The summed E-state index contributed by atoms with van der Waals surface area (Å²) in [6.07, 6.45) is 4.90. The lowest BCUT2D eigenvalue weighted by molar-refractivity contribution is -0.140. The Morgan fingerprint density at radius 3 is 2.96 bits per heavy atom. The van der Waals surface area contributed by atoms with Gasteiger partial charge in [0.2, 0.25) is 5.91 Å². The van der Waals surface area contributed by atoms with Crippen molar-refractivity contribution in [2.45, 2.75) is 31.8 Å². The van der Waals surface area contributed by atoms with Crippen LogP contribution in [0, 0.1) is 5.92 Å². The largest absolute Gasteiger partial charge is 0.348 e. The minimum Gasteiger partial charge on any atom is -0.348 e. The van der Waals surface area contributed by atoms with Crippen molar-refractivity contribution in [2.75, 3.05) is 13.1 Å². The second kappa shape index (κ2) is 6.35. The lowest BCUT2D eigenvalue weighted by Crippen LogP contribution is -2.48. The van der Waals surface area contributed by atoms with Crippen LogP contribution in [0.25, 0.3) is 0 Å². The van der Waals surface area contributed by atoms with E-state index in [1.165, 1.54) is 11.3 Å². The first-order chi connectivity index (χ1) is 11.7. The molecule has 1 N–H and O–H groups in total. The molecule has 0 aromatic carbocycles. The van der Waals surface area contributed by atoms with E-state index in [4.69, 9.17) is 0 Å². The highest BCUT2D eigenvalue weighted by atomic mass is 32.1. The fraction of sp³-hybridized carbons (Fsp3) is 0.500. The van der Waals surface area contributed by atoms with Crippen molar-refractivity contribution in [1.29, 1.82) is 0 Å². The number of fused-ring (bicyclic) bond motifs is 1. The average molecular weight is 345 g/mol. The van der Waals surface area contributed by atoms with E-state index in [2.05, 4.69) is 15.4 Å². The zero-order chi connectivity index (χ0) is 16.5. The molecule has 8 heteroatoms. The standard InChI is InChI=1S/C16H19N5O2S/c22-15(14-9-24-10-18-14)17-6-13-8-20(16(23)11-2-1-3-11)7-12-4-5-19-21(12)13/h4-5,9-11,13H,1-3,6-8H2,(H,17,22). The van der Waals surface area contributed by atoms with Gasteiger partial charge in [0, 0.05) is 30.6 Å². The topological polar surface area (TPSA) is 80.1 Å². The Morgan fingerprint density at radius 1 is 1.38 bits per heavy atom. The van der Waals surface area contributed by atoms with Crippen molar-refractivity contribution < 1.29 is 9.59 Å². The van der Waals surface area contributed by atoms with Gasteiger partial charge >= 0.3 is 0 Å². The van der Waals surface area contributed by atoms with Gasteiger partial charge in [-0.2, -0.15) is 5.10 Å². The molecule has 24 heavy (non-hydrogen) atoms. The first-order valence-electron chi connectivity index (χ1n) is 8.20. The van der Waals surface area contributed by atoms with Gasteiger partial charge < -0.3 is 10.2 Å². The van der Waals surface area contributed by atoms with E-state index in [9.17, 15) is 9.59 Å². The SMILES string of the molecule is O=C(NCC1CN(C(=O)C2CCC2)Cc2ccnn21)c1cscn1. The molecule has 1 aliphatic heterocycles. The maximum Gasteiger partial charge on any atom is 0.270 e. The van der Waals surface area contributed by atoms with Crippen molar-refractivity contribution >= 4 is 23.2 Å². The summed E-state index contributed by atoms with van der Waals surface area (Å²) < 4.78 is 1.92. The van der Waals surface area contributed by atoms with Gasteiger partial charge in [-0.05, 0) is 18.9 Å². The van der Waals surface area contributed by atoms with Crippen LogP contribution in [0.1, 0.15) is 41.5 Å². The van der Waals surface area contributed by atoms with Gasteiger partial charge in [0.05, 0.1) is 23.8 Å². The zero-order valence-corrected chi connectivity index (χ0v) is 14.0. The van der Waals surface area contributed by atoms with Crippen LogP contribution in [0.2, 0.25) is 0 Å². The van der Waals surface area contributed by atoms with Crippen LogP contribution in [0.4, 0.5) is 0 Å². The number of thiazole rings is 1. The Balaban J connectivity index is 1.45. The van der Waals surface area contributed by atoms with Crippen molar-refractivity contribution in [2.24, 2.45) is 5.92 Å². The molecule has 0 bridgehead atoms. The Bertz CT molecular complexity index is 737. The second-order valence-corrected chi connectivity index (χ2v) is 7.07. The molecule has 2 amide bonds. The van der Waals surface area contributed by atoms with E-state index >= 15 is 0 Å². The molecule has 2 aromatic rings. The van der Waals surface area contributed by atoms with Gasteiger partial charge in [-0.3, -0.25) is 14.3 Å². The van der Waals surface area contributed by atoms with E-state index < -0.39 is 0 Å². The van der Waals surface area contributed by atoms with Crippen LogP contribution >= 0.6 is 11.3 Å². The molecular weight excluding hydrogens is 326 g/mol. The normalized spacial score (nSPS) is 20.3. The monoisotopic (exact) mass is 345 g/mol. The van der Waals surface area contributed by atoms with E-state index in [1.54, 1.807) is 17.1 Å². The molecule has 4 rings (SSSR count). The van der Waals surface area contributed by atoms with Gasteiger partial charge in [0.25, 0.3) is 5.91 Å². The van der Waals surface area contributed by atoms with Crippen LogP contribution in [-0.2, 0) is 11.3 Å². The van der Waals surface area contributed by atoms with Crippen molar-refractivity contribution in [1.82, 2.24) is 25.0 Å². The Kier molecular flexibility index (Phi) is 4.05. The average Bonchev–Trinajstić information content (AvgIpc) is 3.21. The highest BCUT2D eigenvalue weighted by molar-refractivity contribution is 7.07. The number of hydrogen-bond donors (Lipinski definition) is 1. The first-order valence-corrected chi connectivity index (χ1v) is 9.14. The van der Waals surface area contributed by atoms with Crippen molar-refractivity contribution in [3.63, 3.8) is 0 Å². The van der Waals surface area contributed by atoms with Crippen LogP contribution in [-0.4, -0.2) is 44.6 Å². The number of carbonyl (C=O) groups excluding carboxylic acids is 2. The number of hydrogen-bond acceptors (Lipinski definition) is 5. The molecule has 1 atom stereocenters. The molecule has 2 aromatic heterocycles. The minimum atomic E-state index is -0.188. The third kappa shape index (κ3) is 2.82. The molecule has 126 valence electrons. The molecule has 1 unspecified atom stereocenters. The zero-order valence-electron chi connectivity index (χ0n) is 13.2. The molecule has 1 fully saturated rings. The summed E-state index contributed by atoms with van der Waals surface area (Å²) in [5, 5.41) is 9.00. The Hall–Kier alpha value is -2.22. The van der Waals surface area contributed by atoms with E-state index in [0.717, 1.165) is 25.0 Å². The summed E-state index contributed by atoms with van der Waals surface area (Å²) in [5.41, 5.74) is 3.08. The third-order valence-electron chi connectivity index (χ3n) is 4.81. The summed E-state index contributed by atoms with van der Waals surface area (Å²) in [5.74, 6) is 0.238. The number of aromatic nitrogens is 3. The van der Waals surface area contributed by atoms with Gasteiger partial charge in [-0.1, -0.05) is 6.42 Å². The van der Waals surface area contributed by atoms with Crippen LogP contribution < -0.4 is 5.32 Å². The summed E-state index contributed by atoms with van der Waals surface area (Å²) in [6.45, 7) is 1.62. The van der Waals surface area contributed by atoms with Crippen LogP contribution in [0.15, 0.2) is 23.2 Å². The molecule has 1 aliphatic carbocycles. The first kappa shape index (κ1) is 15.3. The molecule has 3 heterocycles. The quantitative estimate of drug-likeness (QED) is 0.910. The minimum absolute atomic E-state index is 0.0460. The van der Waals surface area contributed by atoms with Crippen molar-refractivity contribution in [3.8, 4) is 0 Å². The molecule has 1 saturated carbocycles. The van der Waals surface area contributed by atoms with E-state index in [0.29, 0.717) is 25.3 Å². The highest BCUT2D eigenvalue weighted by Crippen LogP contribution is 2.30. The maximum atomic E-state index is 12.6. The molecule has 7 nitrogen and oxygen atoms in total. The second-order valence-electron chi connectivity index (χ2n) is 6.35. The lowest BCUT2D eigenvalue weighted by Gasteiger charge is -2.37. The smallest absolute Gasteiger partial charge is 0.270 e. The summed E-state index contributed by atoms with van der Waals surface area (Å²) in [4.78, 5) is 30.6. The fourth-order valence-corrected chi connectivity index (χ4v) is 3.78. The molecule has 0 saturated heterocycles. The Labute approximate surface area is 143 Å². The number of carbonyl (C=O) groups is 2. The number of rotatable bonds is 4. The van der Waals surface area contributed by atoms with Crippen LogP contribution in [0.3, 0.4) is 0 Å². The lowest BCUT2D eigenvalue weighted by atomic mass is 9.84. The summed E-state index contributed by atoms with van der Waals surface area (Å²) in [6, 6.07) is 1.89. The number of nitrogens with one attached hydrogen (secondary N) is 1. The van der Waals surface area contributed by atoms with Gasteiger partial charge in [-0.15, -0.1) is 11.3 Å². The van der Waals surface area contributed by atoms with Gasteiger partial charge in [0.1, 0.15) is 5.69 Å². The van der Waals surface area contributed by atoms with E-state index in [-0.39, 0.29) is 23.8 Å². The predicted octanol–water partition coefficient (Wildman–Crippen LogP) is 1.45. The summed E-state index contributed by atoms with van der Waals surface area (Å²) >= 11 is 1.39. The Morgan fingerprint density at radius 2 is 2.25 bits per heavy atom. The third-order valence-corrected chi connectivity index (χ3v) is 5.40.